The van der Waals surface area contributed by atoms with Crippen molar-refractivity contribution in [2.75, 3.05) is 13.2 Å². The summed E-state index contributed by atoms with van der Waals surface area (Å²) in [5, 5.41) is 12.5. The van der Waals surface area contributed by atoms with Gasteiger partial charge in [0.1, 0.15) is 0 Å². The molecule has 2 unspecified atom stereocenters. The van der Waals surface area contributed by atoms with Gasteiger partial charge in [0, 0.05) is 6.04 Å². The molecule has 2 nitrogen and oxygen atoms in total. The van der Waals surface area contributed by atoms with Gasteiger partial charge in [-0.1, -0.05) is 44.2 Å². The van der Waals surface area contributed by atoms with E-state index in [2.05, 4.69) is 43.4 Å². The van der Waals surface area contributed by atoms with Crippen LogP contribution in [0.2, 0.25) is 0 Å². The molecular formula is C13H21NO. The molecule has 0 aliphatic rings. The molecular weight excluding hydrogens is 186 g/mol. The fourth-order valence-electron chi connectivity index (χ4n) is 1.86. The Bertz CT molecular complexity index is 260. The molecule has 1 rings (SSSR count). The Kier molecular flexibility index (Phi) is 5.37. The summed E-state index contributed by atoms with van der Waals surface area (Å²) in [6.45, 7) is 5.39. The SMILES string of the molecule is CCNC(CO)CC(C)c1ccccc1. The summed E-state index contributed by atoms with van der Waals surface area (Å²) < 4.78 is 0. The zero-order chi connectivity index (χ0) is 11.1. The minimum Gasteiger partial charge on any atom is -0.395 e. The number of aliphatic hydroxyl groups excluding tert-OH is 1. The predicted molar refractivity (Wildman–Crippen MR) is 64.0 cm³/mol. The van der Waals surface area contributed by atoms with Gasteiger partial charge in [-0.05, 0) is 24.4 Å². The van der Waals surface area contributed by atoms with Crippen LogP contribution in [0.5, 0.6) is 0 Å². The van der Waals surface area contributed by atoms with Crippen molar-refractivity contribution in [3.8, 4) is 0 Å². The molecule has 0 amide bonds. The number of nitrogens with one attached hydrogen (secondary N) is 1. The second-order valence-electron chi connectivity index (χ2n) is 3.98. The van der Waals surface area contributed by atoms with Crippen LogP contribution in [0.3, 0.4) is 0 Å². The fraction of sp³-hybridized carbons (Fsp3) is 0.538. The van der Waals surface area contributed by atoms with Crippen LogP contribution in [-0.2, 0) is 0 Å². The number of rotatable bonds is 6. The standard InChI is InChI=1S/C13H21NO/c1-3-14-13(10-15)9-11(2)12-7-5-4-6-8-12/h4-8,11,13-15H,3,9-10H2,1-2H3. The number of aliphatic hydroxyl groups is 1. The first kappa shape index (κ1) is 12.2. The monoisotopic (exact) mass is 207 g/mol. The summed E-state index contributed by atoms with van der Waals surface area (Å²) in [6.07, 6.45) is 0.981. The molecule has 2 heteroatoms. The summed E-state index contributed by atoms with van der Waals surface area (Å²) in [4.78, 5) is 0. The van der Waals surface area contributed by atoms with E-state index in [0.717, 1.165) is 13.0 Å². The molecule has 0 aromatic heterocycles. The molecule has 0 saturated carbocycles. The first-order valence-corrected chi connectivity index (χ1v) is 5.67. The molecule has 0 aliphatic heterocycles. The van der Waals surface area contributed by atoms with E-state index in [1.807, 2.05) is 6.07 Å². The van der Waals surface area contributed by atoms with Gasteiger partial charge < -0.3 is 10.4 Å². The number of likely N-dealkylation sites (N-methyl/N-ethyl adjacent to an activating group) is 1. The Balaban J connectivity index is 2.50. The largest absolute Gasteiger partial charge is 0.395 e. The van der Waals surface area contributed by atoms with E-state index >= 15 is 0 Å². The van der Waals surface area contributed by atoms with Crippen molar-refractivity contribution < 1.29 is 5.11 Å². The van der Waals surface area contributed by atoms with Crippen molar-refractivity contribution in [2.45, 2.75) is 32.2 Å². The van der Waals surface area contributed by atoms with Gasteiger partial charge in [0.2, 0.25) is 0 Å². The number of hydrogen-bond acceptors (Lipinski definition) is 2. The molecule has 2 N–H and O–H groups in total. The lowest BCUT2D eigenvalue weighted by Gasteiger charge is -2.20. The zero-order valence-corrected chi connectivity index (χ0v) is 9.61. The van der Waals surface area contributed by atoms with Crippen molar-refractivity contribution in [3.05, 3.63) is 35.9 Å². The summed E-state index contributed by atoms with van der Waals surface area (Å²) >= 11 is 0. The highest BCUT2D eigenvalue weighted by molar-refractivity contribution is 5.18. The van der Waals surface area contributed by atoms with E-state index in [9.17, 15) is 5.11 Å². The predicted octanol–water partition coefficient (Wildman–Crippen LogP) is 2.15. The second-order valence-corrected chi connectivity index (χ2v) is 3.98. The third-order valence-corrected chi connectivity index (χ3v) is 2.72. The van der Waals surface area contributed by atoms with Gasteiger partial charge in [0.25, 0.3) is 0 Å². The van der Waals surface area contributed by atoms with Gasteiger partial charge >= 0.3 is 0 Å². The summed E-state index contributed by atoms with van der Waals surface area (Å²) in [5.41, 5.74) is 1.34. The highest BCUT2D eigenvalue weighted by Gasteiger charge is 2.12. The highest BCUT2D eigenvalue weighted by Crippen LogP contribution is 2.19. The molecule has 0 aliphatic carbocycles. The quantitative estimate of drug-likeness (QED) is 0.749. The maximum Gasteiger partial charge on any atom is 0.0584 e. The van der Waals surface area contributed by atoms with Crippen LogP contribution < -0.4 is 5.32 Å². The van der Waals surface area contributed by atoms with Crippen molar-refractivity contribution in [1.29, 1.82) is 0 Å². The van der Waals surface area contributed by atoms with Gasteiger partial charge in [-0.25, -0.2) is 0 Å². The first-order chi connectivity index (χ1) is 7.27. The van der Waals surface area contributed by atoms with Crippen LogP contribution in [0.15, 0.2) is 30.3 Å². The molecule has 0 heterocycles. The maximum absolute atomic E-state index is 9.19. The van der Waals surface area contributed by atoms with Crippen LogP contribution >= 0.6 is 0 Å². The smallest absolute Gasteiger partial charge is 0.0584 e. The van der Waals surface area contributed by atoms with Crippen LogP contribution in [0.4, 0.5) is 0 Å². The molecule has 2 atom stereocenters. The second kappa shape index (κ2) is 6.59. The molecule has 0 saturated heterocycles. The van der Waals surface area contributed by atoms with E-state index in [1.54, 1.807) is 0 Å². The maximum atomic E-state index is 9.19. The van der Waals surface area contributed by atoms with Crippen molar-refractivity contribution >= 4 is 0 Å². The highest BCUT2D eigenvalue weighted by atomic mass is 16.3. The zero-order valence-electron chi connectivity index (χ0n) is 9.61. The van der Waals surface area contributed by atoms with Gasteiger partial charge in [-0.15, -0.1) is 0 Å². The van der Waals surface area contributed by atoms with Gasteiger partial charge in [0.05, 0.1) is 6.61 Å². The van der Waals surface area contributed by atoms with Gasteiger partial charge in [-0.3, -0.25) is 0 Å². The first-order valence-electron chi connectivity index (χ1n) is 5.67. The fourth-order valence-corrected chi connectivity index (χ4v) is 1.86. The molecule has 84 valence electrons. The molecule has 0 fully saturated rings. The van der Waals surface area contributed by atoms with Crippen LogP contribution in [0.1, 0.15) is 31.7 Å². The van der Waals surface area contributed by atoms with E-state index in [1.165, 1.54) is 5.56 Å². The minimum absolute atomic E-state index is 0.213. The molecule has 1 aromatic rings. The summed E-state index contributed by atoms with van der Waals surface area (Å²) in [5.74, 6) is 0.488. The molecule has 15 heavy (non-hydrogen) atoms. The molecule has 0 bridgehead atoms. The van der Waals surface area contributed by atoms with E-state index in [-0.39, 0.29) is 12.6 Å². The van der Waals surface area contributed by atoms with Crippen LogP contribution in [0.25, 0.3) is 0 Å². The lowest BCUT2D eigenvalue weighted by Crippen LogP contribution is -2.33. The van der Waals surface area contributed by atoms with Crippen molar-refractivity contribution in [2.24, 2.45) is 0 Å². The third-order valence-electron chi connectivity index (χ3n) is 2.72. The summed E-state index contributed by atoms with van der Waals surface area (Å²) in [6, 6.07) is 10.7. The summed E-state index contributed by atoms with van der Waals surface area (Å²) in [7, 11) is 0. The lowest BCUT2D eigenvalue weighted by molar-refractivity contribution is 0.232. The van der Waals surface area contributed by atoms with Gasteiger partial charge in [0.15, 0.2) is 0 Å². The molecule has 0 spiro atoms. The van der Waals surface area contributed by atoms with E-state index in [4.69, 9.17) is 0 Å². The van der Waals surface area contributed by atoms with Gasteiger partial charge in [-0.2, -0.15) is 0 Å². The van der Waals surface area contributed by atoms with Crippen molar-refractivity contribution in [3.63, 3.8) is 0 Å². The Labute approximate surface area is 92.3 Å². The minimum atomic E-state index is 0.213. The van der Waals surface area contributed by atoms with Crippen LogP contribution in [-0.4, -0.2) is 24.3 Å². The molecule has 0 radical (unpaired) electrons. The Morgan fingerprint density at radius 1 is 1.27 bits per heavy atom. The number of benzene rings is 1. The average molecular weight is 207 g/mol. The third kappa shape index (κ3) is 4.02. The normalized spacial score (nSPS) is 14.9. The average Bonchev–Trinajstić information content (AvgIpc) is 2.29. The van der Waals surface area contributed by atoms with E-state index in [0.29, 0.717) is 5.92 Å². The Morgan fingerprint density at radius 3 is 2.47 bits per heavy atom. The Hall–Kier alpha value is -0.860. The lowest BCUT2D eigenvalue weighted by atomic mass is 9.94. The number of hydrogen-bond donors (Lipinski definition) is 2. The van der Waals surface area contributed by atoms with Crippen LogP contribution in [0, 0.1) is 0 Å². The molecule has 1 aromatic carbocycles. The Morgan fingerprint density at radius 2 is 1.93 bits per heavy atom. The topological polar surface area (TPSA) is 32.3 Å². The van der Waals surface area contributed by atoms with E-state index < -0.39 is 0 Å². The van der Waals surface area contributed by atoms with Crippen molar-refractivity contribution in [1.82, 2.24) is 5.32 Å².